The van der Waals surface area contributed by atoms with Crippen LogP contribution in [0.2, 0.25) is 13.1 Å². The van der Waals surface area contributed by atoms with Crippen molar-refractivity contribution in [3.63, 3.8) is 0 Å². The normalized spacial score (nSPS) is 18.1. The molecule has 4 aromatic rings. The molecule has 6 rings (SSSR count). The summed E-state index contributed by atoms with van der Waals surface area (Å²) in [5.74, 6) is 0. The number of benzene rings is 4. The van der Waals surface area contributed by atoms with Crippen molar-refractivity contribution >= 4 is 20.2 Å². The molecule has 0 N–H and O–H groups in total. The van der Waals surface area contributed by atoms with Gasteiger partial charge in [-0.15, -0.1) is 0 Å². The van der Waals surface area contributed by atoms with E-state index in [0.717, 1.165) is 0 Å². The van der Waals surface area contributed by atoms with Crippen molar-refractivity contribution in [3.05, 3.63) is 128 Å². The first-order valence-electron chi connectivity index (χ1n) is 14.3. The Kier molecular flexibility index (Phi) is 6.19. The monoisotopic (exact) mass is 524 g/mol. The Morgan fingerprint density at radius 2 is 1.05 bits per heavy atom. The van der Waals surface area contributed by atoms with Gasteiger partial charge in [-0.3, -0.25) is 0 Å². The summed E-state index contributed by atoms with van der Waals surface area (Å²) >= 11 is 0. The fourth-order valence-corrected chi connectivity index (χ4v) is 12.8. The molecule has 0 saturated heterocycles. The highest BCUT2D eigenvalue weighted by molar-refractivity contribution is 6.81. The van der Waals surface area contributed by atoms with Gasteiger partial charge in [-0.05, 0) is 86.1 Å². The van der Waals surface area contributed by atoms with Gasteiger partial charge in [0.05, 0.1) is 8.07 Å². The average Bonchev–Trinajstić information content (AvgIpc) is 3.39. The Bertz CT molecular complexity index is 1660. The Balaban J connectivity index is 1.47. The van der Waals surface area contributed by atoms with Gasteiger partial charge in [0.2, 0.25) is 0 Å². The molecule has 39 heavy (non-hydrogen) atoms. The maximum Gasteiger partial charge on any atom is 0.0722 e. The Morgan fingerprint density at radius 3 is 1.69 bits per heavy atom. The molecule has 0 bridgehead atoms. The van der Waals surface area contributed by atoms with Crippen LogP contribution in [0.15, 0.2) is 83.9 Å². The van der Waals surface area contributed by atoms with E-state index in [9.17, 15) is 0 Å². The molecule has 0 heterocycles. The van der Waals surface area contributed by atoms with Gasteiger partial charge in [-0.1, -0.05) is 131 Å². The van der Waals surface area contributed by atoms with E-state index in [1.807, 2.05) is 0 Å². The zero-order valence-corrected chi connectivity index (χ0v) is 25.7. The fourth-order valence-electron chi connectivity index (χ4n) is 7.83. The van der Waals surface area contributed by atoms with Gasteiger partial charge in [-0.25, -0.2) is 0 Å². The second-order valence-electron chi connectivity index (χ2n) is 12.8. The van der Waals surface area contributed by atoms with Gasteiger partial charge in [0.15, 0.2) is 0 Å². The molecule has 2 aliphatic rings. The third kappa shape index (κ3) is 4.28. The zero-order chi connectivity index (χ0) is 27.6. The Morgan fingerprint density at radius 1 is 0.487 bits per heavy atom. The number of rotatable bonds is 4. The minimum absolute atomic E-state index is 0.499. The Labute approximate surface area is 236 Å². The minimum atomic E-state index is -1.90. The number of hydrogen-bond donors (Lipinski definition) is 0. The zero-order valence-electron chi connectivity index (χ0n) is 24.7. The van der Waals surface area contributed by atoms with Crippen LogP contribution in [0.5, 0.6) is 0 Å². The summed E-state index contributed by atoms with van der Waals surface area (Å²) < 4.78 is 0. The van der Waals surface area contributed by atoms with Crippen molar-refractivity contribution in [3.8, 4) is 22.3 Å². The summed E-state index contributed by atoms with van der Waals surface area (Å²) in [5, 5.41) is 0. The molecule has 0 amide bonds. The molecular weight excluding hydrogens is 485 g/mol. The second-order valence-corrected chi connectivity index (χ2v) is 17.6. The van der Waals surface area contributed by atoms with Crippen LogP contribution in [0.4, 0.5) is 0 Å². The molecule has 1 heteroatoms. The molecule has 2 unspecified atom stereocenters. The van der Waals surface area contributed by atoms with Crippen LogP contribution in [0.1, 0.15) is 69.4 Å². The molecule has 0 aromatic heterocycles. The molecule has 0 fully saturated rings. The lowest BCUT2D eigenvalue weighted by molar-refractivity contribution is 0.967. The molecule has 0 nitrogen and oxygen atoms in total. The van der Waals surface area contributed by atoms with E-state index in [1.54, 1.807) is 5.56 Å². The fraction of sp³-hybridized carbons (Fsp3) is 0.263. The number of allylic oxidation sites excluding steroid dienone is 2. The van der Waals surface area contributed by atoms with E-state index in [-0.39, 0.29) is 0 Å². The summed E-state index contributed by atoms with van der Waals surface area (Å²) in [6.07, 6.45) is 5.01. The van der Waals surface area contributed by atoms with Crippen molar-refractivity contribution in [2.24, 2.45) is 0 Å². The summed E-state index contributed by atoms with van der Waals surface area (Å²) in [6.45, 7) is 18.9. The predicted octanol–water partition coefficient (Wildman–Crippen LogP) is 10.7. The van der Waals surface area contributed by atoms with E-state index in [0.29, 0.717) is 11.1 Å². The SMILES string of the molecule is CC1=Cc2c(-c3ccc(C)cc3)cccc2C1[Si](C)(C)C1C(C)=Cc2c(-c3cc(C)cc(C)c3)cc(C)cc21. The van der Waals surface area contributed by atoms with Crippen molar-refractivity contribution in [1.29, 1.82) is 0 Å². The number of aryl methyl sites for hydroxylation is 4. The van der Waals surface area contributed by atoms with Crippen LogP contribution in [-0.2, 0) is 0 Å². The molecule has 4 aromatic carbocycles. The summed E-state index contributed by atoms with van der Waals surface area (Å²) in [5.41, 5.74) is 20.8. The van der Waals surface area contributed by atoms with Crippen LogP contribution in [0.3, 0.4) is 0 Å². The molecule has 0 radical (unpaired) electrons. The van der Waals surface area contributed by atoms with Crippen LogP contribution >= 0.6 is 0 Å². The maximum absolute atomic E-state index is 2.64. The summed E-state index contributed by atoms with van der Waals surface area (Å²) in [6, 6.07) is 27.9. The van der Waals surface area contributed by atoms with Crippen LogP contribution < -0.4 is 0 Å². The van der Waals surface area contributed by atoms with Gasteiger partial charge in [0.1, 0.15) is 0 Å². The molecule has 0 spiro atoms. The third-order valence-corrected chi connectivity index (χ3v) is 13.7. The van der Waals surface area contributed by atoms with Crippen LogP contribution in [-0.4, -0.2) is 8.07 Å². The van der Waals surface area contributed by atoms with Gasteiger partial charge >= 0.3 is 0 Å². The first-order chi connectivity index (χ1) is 18.5. The van der Waals surface area contributed by atoms with Gasteiger partial charge in [0, 0.05) is 11.1 Å². The van der Waals surface area contributed by atoms with Crippen molar-refractivity contribution in [2.75, 3.05) is 0 Å². The highest BCUT2D eigenvalue weighted by Crippen LogP contribution is 2.54. The lowest BCUT2D eigenvalue weighted by Gasteiger charge is -2.39. The van der Waals surface area contributed by atoms with Gasteiger partial charge in [-0.2, -0.15) is 0 Å². The van der Waals surface area contributed by atoms with E-state index >= 15 is 0 Å². The quantitative estimate of drug-likeness (QED) is 0.233. The van der Waals surface area contributed by atoms with Crippen molar-refractivity contribution in [1.82, 2.24) is 0 Å². The van der Waals surface area contributed by atoms with Gasteiger partial charge in [0.25, 0.3) is 0 Å². The topological polar surface area (TPSA) is 0 Å². The van der Waals surface area contributed by atoms with E-state index in [4.69, 9.17) is 0 Å². The number of fused-ring (bicyclic) bond motifs is 2. The van der Waals surface area contributed by atoms with Crippen molar-refractivity contribution < 1.29 is 0 Å². The summed E-state index contributed by atoms with van der Waals surface area (Å²) in [4.78, 5) is 0. The second kappa shape index (κ2) is 9.35. The molecule has 0 aliphatic heterocycles. The smallest absolute Gasteiger partial charge is 0.0679 e. The average molecular weight is 525 g/mol. The first-order valence-corrected chi connectivity index (χ1v) is 17.5. The lowest BCUT2D eigenvalue weighted by Crippen LogP contribution is -2.42. The predicted molar refractivity (Wildman–Crippen MR) is 173 cm³/mol. The Hall–Kier alpha value is -3.42. The molecule has 2 atom stereocenters. The van der Waals surface area contributed by atoms with E-state index in [2.05, 4.69) is 140 Å². The summed E-state index contributed by atoms with van der Waals surface area (Å²) in [7, 11) is -1.90. The lowest BCUT2D eigenvalue weighted by atomic mass is 9.93. The highest BCUT2D eigenvalue weighted by Gasteiger charge is 2.47. The van der Waals surface area contributed by atoms with Crippen molar-refractivity contribution in [2.45, 2.75) is 65.7 Å². The number of hydrogen-bond acceptors (Lipinski definition) is 0. The largest absolute Gasteiger partial charge is 0.0722 e. The van der Waals surface area contributed by atoms with Crippen LogP contribution in [0.25, 0.3) is 34.4 Å². The highest BCUT2D eigenvalue weighted by atomic mass is 28.3. The molecule has 2 aliphatic carbocycles. The third-order valence-electron chi connectivity index (χ3n) is 9.16. The van der Waals surface area contributed by atoms with E-state index in [1.165, 1.54) is 72.3 Å². The maximum atomic E-state index is 2.64. The minimum Gasteiger partial charge on any atom is -0.0679 e. The molecule has 0 saturated carbocycles. The standard InChI is InChI=1S/C38H40Si/c1-23-12-14-29(15-13-23)31-10-9-11-32-34(31)21-27(5)37(32)39(7,8)38-28(6)22-35-33(19-26(4)20-36(35)38)30-17-24(2)16-25(3)18-30/h9-22,37-38H,1-8H3. The van der Waals surface area contributed by atoms with Crippen LogP contribution in [0, 0.1) is 27.7 Å². The van der Waals surface area contributed by atoms with Gasteiger partial charge < -0.3 is 0 Å². The first kappa shape index (κ1) is 25.8. The van der Waals surface area contributed by atoms with E-state index < -0.39 is 8.07 Å². The molecule has 196 valence electrons. The molecular formula is C38H40Si.